The van der Waals surface area contributed by atoms with E-state index in [1.807, 2.05) is 36.5 Å². The first kappa shape index (κ1) is 21.9. The van der Waals surface area contributed by atoms with E-state index in [4.69, 9.17) is 4.76 Å². The van der Waals surface area contributed by atoms with Crippen LogP contribution in [0.3, 0.4) is 0 Å². The number of hydrogen-bond donors (Lipinski definition) is 0. The molecular weight excluding hydrogens is 365 g/mol. The molecule has 0 amide bonds. The van der Waals surface area contributed by atoms with E-state index < -0.39 is 7.94 Å². The van der Waals surface area contributed by atoms with Gasteiger partial charge in [-0.15, -0.1) is 14.1 Å². The van der Waals surface area contributed by atoms with Gasteiger partial charge in [0.05, 0.1) is 18.3 Å². The van der Waals surface area contributed by atoms with Crippen molar-refractivity contribution in [1.29, 1.82) is 0 Å². The molecule has 1 aliphatic carbocycles. The predicted octanol–water partition coefficient (Wildman–Crippen LogP) is 5.16. The molecule has 2 aliphatic rings. The first-order valence-corrected chi connectivity index (χ1v) is 12.3. The van der Waals surface area contributed by atoms with Crippen molar-refractivity contribution in [1.82, 2.24) is 9.34 Å². The molecule has 0 N–H and O–H groups in total. The summed E-state index contributed by atoms with van der Waals surface area (Å²) in [6.07, 6.45) is 6.56. The number of rotatable bonds is 4. The highest BCUT2D eigenvalue weighted by Crippen LogP contribution is 2.68. The molecular formula is C23H38N3OP. The summed E-state index contributed by atoms with van der Waals surface area (Å²) in [4.78, 5) is 14.6. The third-order valence-corrected chi connectivity index (χ3v) is 8.19. The number of nitrogens with zero attached hydrogens (tertiary/aromatic N) is 3. The molecule has 28 heavy (non-hydrogen) atoms. The lowest BCUT2D eigenvalue weighted by Crippen LogP contribution is -2.43. The van der Waals surface area contributed by atoms with Gasteiger partial charge in [0.1, 0.15) is 0 Å². The minimum Gasteiger partial charge on any atom is -0.630 e. The van der Waals surface area contributed by atoms with E-state index in [9.17, 15) is 4.89 Å². The van der Waals surface area contributed by atoms with Gasteiger partial charge < -0.3 is 4.89 Å². The Morgan fingerprint density at radius 3 is 1.82 bits per heavy atom. The second-order valence-corrected chi connectivity index (χ2v) is 13.2. The fourth-order valence-corrected chi connectivity index (χ4v) is 7.90. The molecule has 4 nitrogen and oxygen atoms in total. The predicted molar refractivity (Wildman–Crippen MR) is 119 cm³/mol. The molecule has 0 unspecified atom stereocenters. The van der Waals surface area contributed by atoms with Crippen LogP contribution in [0, 0.1) is 10.8 Å². The molecule has 3 rings (SSSR count). The van der Waals surface area contributed by atoms with Gasteiger partial charge in [-0.3, -0.25) is 0 Å². The largest absolute Gasteiger partial charge is 0.630 e. The zero-order valence-electron chi connectivity index (χ0n) is 18.6. The van der Waals surface area contributed by atoms with E-state index in [1.54, 1.807) is 0 Å². The van der Waals surface area contributed by atoms with Crippen molar-refractivity contribution < 1.29 is 4.89 Å². The molecule has 156 valence electrons. The highest BCUT2D eigenvalue weighted by Gasteiger charge is 2.60. The summed E-state index contributed by atoms with van der Waals surface area (Å²) >= 11 is 0. The number of fused-ring (bicyclic) bond motifs is 1. The number of hydrogen-bond acceptors (Lipinski definition) is 4. The average molecular weight is 404 g/mol. The Balaban J connectivity index is 2.02. The second kappa shape index (κ2) is 8.14. The average Bonchev–Trinajstić information content (AvgIpc) is 2.82. The summed E-state index contributed by atoms with van der Waals surface area (Å²) in [5.74, 6) is 0. The molecule has 1 aliphatic heterocycles. The maximum atomic E-state index is 14.6. The SMILES string of the molecule is CC(C)(C)CN1[C@@H]2CCCC[C@H]2N(CC(C)(C)C)[P+]1([O-])/N=C/c1ccccc1. The highest BCUT2D eigenvalue weighted by atomic mass is 31.2. The Morgan fingerprint density at radius 2 is 1.39 bits per heavy atom. The standard InChI is InChI=1S/C23H38N3OP/c1-22(2,3)17-25-20-14-10-11-15-21(20)26(18-23(4,5)6)28(25,27)24-16-19-12-8-7-9-13-19/h7-9,12-13,16,20-21H,10-11,14-15,17-18H2,1-6H3/b24-16+/t20-,21-/m1/s1. The third kappa shape index (κ3) is 5.02. The molecule has 2 fully saturated rings. The van der Waals surface area contributed by atoms with E-state index in [1.165, 1.54) is 12.8 Å². The first-order valence-electron chi connectivity index (χ1n) is 10.7. The molecule has 1 aromatic rings. The van der Waals surface area contributed by atoms with Gasteiger partial charge in [0, 0.05) is 13.1 Å². The van der Waals surface area contributed by atoms with Crippen LogP contribution in [0.15, 0.2) is 35.1 Å². The molecule has 1 saturated carbocycles. The van der Waals surface area contributed by atoms with E-state index in [0.29, 0.717) is 12.1 Å². The van der Waals surface area contributed by atoms with Crippen LogP contribution in [-0.2, 0) is 0 Å². The Morgan fingerprint density at radius 1 is 0.929 bits per heavy atom. The lowest BCUT2D eigenvalue weighted by atomic mass is 9.87. The highest BCUT2D eigenvalue weighted by molar-refractivity contribution is 7.63. The monoisotopic (exact) mass is 403 g/mol. The summed E-state index contributed by atoms with van der Waals surface area (Å²) in [5.41, 5.74) is 1.18. The Labute approximate surface area is 172 Å². The first-order chi connectivity index (χ1) is 13.0. The lowest BCUT2D eigenvalue weighted by Gasteiger charge is -2.40. The van der Waals surface area contributed by atoms with Crippen LogP contribution < -0.4 is 4.89 Å². The minimum atomic E-state index is -3.02. The van der Waals surface area contributed by atoms with Gasteiger partial charge in [0.2, 0.25) is 7.94 Å². The van der Waals surface area contributed by atoms with Crippen molar-refractivity contribution in [3.63, 3.8) is 0 Å². The zero-order valence-corrected chi connectivity index (χ0v) is 19.5. The quantitative estimate of drug-likeness (QED) is 0.515. The summed E-state index contributed by atoms with van der Waals surface area (Å²) < 4.78 is 9.45. The Bertz CT molecular complexity index is 645. The number of benzene rings is 1. The van der Waals surface area contributed by atoms with Crippen molar-refractivity contribution in [2.24, 2.45) is 15.6 Å². The van der Waals surface area contributed by atoms with Gasteiger partial charge in [-0.25, -0.2) is 0 Å². The molecule has 1 heterocycles. The molecule has 1 saturated heterocycles. The van der Waals surface area contributed by atoms with Crippen molar-refractivity contribution >= 4 is 14.2 Å². The van der Waals surface area contributed by atoms with Gasteiger partial charge in [-0.2, -0.15) is 0 Å². The van der Waals surface area contributed by atoms with E-state index in [0.717, 1.165) is 31.5 Å². The molecule has 2 atom stereocenters. The molecule has 5 heteroatoms. The Hall–Kier alpha value is -0.800. The smallest absolute Gasteiger partial charge is 0.237 e. The fraction of sp³-hybridized carbons (Fsp3) is 0.696. The zero-order chi connectivity index (χ0) is 20.6. The van der Waals surface area contributed by atoms with Crippen LogP contribution in [0.4, 0.5) is 0 Å². The van der Waals surface area contributed by atoms with E-state index >= 15 is 0 Å². The van der Waals surface area contributed by atoms with Crippen LogP contribution in [0.25, 0.3) is 0 Å². The normalized spacial score (nSPS) is 26.7. The topological polar surface area (TPSA) is 41.9 Å². The summed E-state index contributed by atoms with van der Waals surface area (Å²) in [7, 11) is -3.02. The summed E-state index contributed by atoms with van der Waals surface area (Å²) in [6.45, 7) is 15.1. The Kier molecular flexibility index (Phi) is 6.37. The van der Waals surface area contributed by atoms with Crippen LogP contribution >= 0.6 is 7.94 Å². The van der Waals surface area contributed by atoms with Gasteiger partial charge in [-0.1, -0.05) is 84.7 Å². The second-order valence-electron chi connectivity index (χ2n) is 10.9. The lowest BCUT2D eigenvalue weighted by molar-refractivity contribution is -0.192. The van der Waals surface area contributed by atoms with E-state index in [-0.39, 0.29) is 10.8 Å². The van der Waals surface area contributed by atoms with Gasteiger partial charge in [-0.05, 0) is 29.2 Å². The molecule has 1 aromatic carbocycles. The van der Waals surface area contributed by atoms with E-state index in [2.05, 4.69) is 50.9 Å². The third-order valence-electron chi connectivity index (χ3n) is 5.56. The summed E-state index contributed by atoms with van der Waals surface area (Å²) in [5, 5.41) is 0. The van der Waals surface area contributed by atoms with Gasteiger partial charge in [0.15, 0.2) is 0 Å². The minimum absolute atomic E-state index is 0.0810. The molecule has 0 spiro atoms. The van der Waals surface area contributed by atoms with Crippen molar-refractivity contribution in [3.05, 3.63) is 35.9 Å². The van der Waals surface area contributed by atoms with Crippen molar-refractivity contribution in [2.75, 3.05) is 13.1 Å². The molecule has 0 bridgehead atoms. The van der Waals surface area contributed by atoms with Crippen LogP contribution in [-0.4, -0.2) is 40.7 Å². The summed E-state index contributed by atoms with van der Waals surface area (Å²) in [6, 6.07) is 10.8. The van der Waals surface area contributed by atoms with Gasteiger partial charge >= 0.3 is 0 Å². The fourth-order valence-electron chi connectivity index (χ4n) is 4.53. The van der Waals surface area contributed by atoms with Crippen LogP contribution in [0.5, 0.6) is 0 Å². The van der Waals surface area contributed by atoms with Gasteiger partial charge in [0.25, 0.3) is 0 Å². The van der Waals surface area contributed by atoms with Crippen LogP contribution in [0.2, 0.25) is 0 Å². The van der Waals surface area contributed by atoms with Crippen molar-refractivity contribution in [2.45, 2.75) is 79.3 Å². The maximum Gasteiger partial charge on any atom is 0.237 e. The van der Waals surface area contributed by atoms with Crippen molar-refractivity contribution in [3.8, 4) is 0 Å². The maximum absolute atomic E-state index is 14.6. The van der Waals surface area contributed by atoms with Crippen LogP contribution in [0.1, 0.15) is 72.8 Å². The molecule has 0 radical (unpaired) electrons. The molecule has 0 aromatic heterocycles.